The van der Waals surface area contributed by atoms with E-state index in [1.54, 1.807) is 0 Å². The van der Waals surface area contributed by atoms with Crippen molar-refractivity contribution in [3.8, 4) is 0 Å². The van der Waals surface area contributed by atoms with Gasteiger partial charge in [0.2, 0.25) is 6.43 Å². The van der Waals surface area contributed by atoms with Crippen LogP contribution in [0.25, 0.3) is 0 Å². The first-order valence-electron chi connectivity index (χ1n) is 12.1. The molecule has 0 radical (unpaired) electrons. The predicted octanol–water partition coefficient (Wildman–Crippen LogP) is 8.10. The zero-order valence-corrected chi connectivity index (χ0v) is 17.9. The van der Waals surface area contributed by atoms with Crippen molar-refractivity contribution in [3.63, 3.8) is 0 Å². The number of hydrogen-bond acceptors (Lipinski definition) is 0. The fraction of sp³-hybridized carbons (Fsp3) is 1.00. The van der Waals surface area contributed by atoms with Gasteiger partial charge in [0, 0.05) is 0 Å². The molecule has 0 aromatic carbocycles. The molecule has 29 heavy (non-hydrogen) atoms. The van der Waals surface area contributed by atoms with Crippen LogP contribution in [0.2, 0.25) is 0 Å². The average Bonchev–Trinajstić information content (AvgIpc) is 2.67. The molecule has 0 nitrogen and oxygen atoms in total. The summed E-state index contributed by atoms with van der Waals surface area (Å²) in [5.41, 5.74) is 0. The zero-order chi connectivity index (χ0) is 21.0. The van der Waals surface area contributed by atoms with E-state index in [2.05, 4.69) is 6.92 Å². The van der Waals surface area contributed by atoms with E-state index >= 15 is 4.39 Å². The first-order valence-corrected chi connectivity index (χ1v) is 12.1. The topological polar surface area (TPSA) is 0 Å². The van der Waals surface area contributed by atoms with Crippen LogP contribution < -0.4 is 0 Å². The van der Waals surface area contributed by atoms with Crippen molar-refractivity contribution in [1.82, 2.24) is 0 Å². The Morgan fingerprint density at radius 1 is 0.690 bits per heavy atom. The molecule has 5 unspecified atom stereocenters. The van der Waals surface area contributed by atoms with E-state index in [4.69, 9.17) is 0 Å². The summed E-state index contributed by atoms with van der Waals surface area (Å²) in [7, 11) is 0. The maximum Gasteiger partial charge on any atom is 0.247 e. The van der Waals surface area contributed by atoms with Gasteiger partial charge in [-0.25, -0.2) is 22.0 Å². The standard InChI is InChI=1S/C24H39F5/c1-2-3-4-5-15-6-8-16(9-7-15)17-10-11-19(20(25)12-17)18-13-21(26)23(24(28)29)22(27)14-18/h15-24H,2-14H2,1H3. The van der Waals surface area contributed by atoms with Crippen LogP contribution >= 0.6 is 0 Å². The lowest BCUT2D eigenvalue weighted by molar-refractivity contribution is -0.0729. The Morgan fingerprint density at radius 2 is 1.28 bits per heavy atom. The van der Waals surface area contributed by atoms with Gasteiger partial charge >= 0.3 is 0 Å². The molecule has 3 aliphatic carbocycles. The molecule has 3 fully saturated rings. The third-order valence-corrected chi connectivity index (χ3v) is 8.42. The summed E-state index contributed by atoms with van der Waals surface area (Å²) >= 11 is 0. The molecule has 0 amide bonds. The molecule has 3 saturated carbocycles. The van der Waals surface area contributed by atoms with Gasteiger partial charge in [-0.15, -0.1) is 0 Å². The normalized spacial score (nSPS) is 44.2. The second-order valence-corrected chi connectivity index (χ2v) is 10.2. The molecule has 0 spiro atoms. The van der Waals surface area contributed by atoms with Crippen LogP contribution in [-0.4, -0.2) is 24.9 Å². The van der Waals surface area contributed by atoms with Gasteiger partial charge < -0.3 is 0 Å². The number of rotatable bonds is 7. The molecule has 0 heterocycles. The lowest BCUT2D eigenvalue weighted by Gasteiger charge is -2.44. The predicted molar refractivity (Wildman–Crippen MR) is 107 cm³/mol. The Labute approximate surface area is 173 Å². The van der Waals surface area contributed by atoms with Crippen LogP contribution in [0.4, 0.5) is 22.0 Å². The molecule has 0 aromatic heterocycles. The second-order valence-electron chi connectivity index (χ2n) is 10.2. The quantitative estimate of drug-likeness (QED) is 0.287. The van der Waals surface area contributed by atoms with E-state index in [1.807, 2.05) is 0 Å². The van der Waals surface area contributed by atoms with Crippen molar-refractivity contribution in [2.45, 2.75) is 115 Å². The van der Waals surface area contributed by atoms with Crippen molar-refractivity contribution in [3.05, 3.63) is 0 Å². The van der Waals surface area contributed by atoms with Crippen molar-refractivity contribution in [2.24, 2.45) is 35.5 Å². The summed E-state index contributed by atoms with van der Waals surface area (Å²) in [4.78, 5) is 0. The SMILES string of the molecule is CCCCCC1CCC(C2CCC(C3CC(F)C(C(F)F)C(F)C3)C(F)C2)CC1. The van der Waals surface area contributed by atoms with Gasteiger partial charge in [-0.3, -0.25) is 0 Å². The molecule has 0 saturated heterocycles. The van der Waals surface area contributed by atoms with Crippen molar-refractivity contribution in [2.75, 3.05) is 0 Å². The summed E-state index contributed by atoms with van der Waals surface area (Å²) in [6.07, 6.45) is 4.29. The van der Waals surface area contributed by atoms with Crippen molar-refractivity contribution < 1.29 is 22.0 Å². The van der Waals surface area contributed by atoms with Crippen LogP contribution in [0.5, 0.6) is 0 Å². The third kappa shape index (κ3) is 5.87. The fourth-order valence-electron chi connectivity index (χ4n) is 6.64. The number of halogens is 5. The highest BCUT2D eigenvalue weighted by Crippen LogP contribution is 2.48. The minimum Gasteiger partial charge on any atom is -0.247 e. The van der Waals surface area contributed by atoms with Gasteiger partial charge in [0.15, 0.2) is 0 Å². The molecule has 5 atom stereocenters. The van der Waals surface area contributed by atoms with E-state index in [-0.39, 0.29) is 18.8 Å². The first-order chi connectivity index (χ1) is 13.9. The van der Waals surface area contributed by atoms with E-state index in [0.717, 1.165) is 12.3 Å². The van der Waals surface area contributed by atoms with E-state index in [0.29, 0.717) is 24.7 Å². The smallest absolute Gasteiger partial charge is 0.247 e. The van der Waals surface area contributed by atoms with Crippen LogP contribution in [0.3, 0.4) is 0 Å². The van der Waals surface area contributed by atoms with Gasteiger partial charge in [0.25, 0.3) is 0 Å². The highest BCUT2D eigenvalue weighted by Gasteiger charge is 2.48. The molecule has 0 bridgehead atoms. The van der Waals surface area contributed by atoms with Crippen molar-refractivity contribution >= 4 is 0 Å². The number of unbranched alkanes of at least 4 members (excludes halogenated alkanes) is 2. The van der Waals surface area contributed by atoms with Gasteiger partial charge in [-0.05, 0) is 74.5 Å². The first kappa shape index (κ1) is 23.3. The monoisotopic (exact) mass is 422 g/mol. The summed E-state index contributed by atoms with van der Waals surface area (Å²) in [5, 5.41) is 0. The number of alkyl halides is 5. The Balaban J connectivity index is 1.45. The van der Waals surface area contributed by atoms with Gasteiger partial charge in [-0.1, -0.05) is 45.4 Å². The van der Waals surface area contributed by atoms with Crippen LogP contribution in [-0.2, 0) is 0 Å². The third-order valence-electron chi connectivity index (χ3n) is 8.42. The summed E-state index contributed by atoms with van der Waals surface area (Å²) in [6.45, 7) is 2.23. The Kier molecular flexibility index (Phi) is 8.68. The van der Waals surface area contributed by atoms with E-state index in [1.165, 1.54) is 51.4 Å². The Morgan fingerprint density at radius 3 is 1.83 bits per heavy atom. The van der Waals surface area contributed by atoms with Crippen LogP contribution in [0.15, 0.2) is 0 Å². The van der Waals surface area contributed by atoms with Crippen molar-refractivity contribution in [1.29, 1.82) is 0 Å². The molecule has 5 heteroatoms. The summed E-state index contributed by atoms with van der Waals surface area (Å²) in [6, 6.07) is 0. The molecular formula is C24H39F5. The van der Waals surface area contributed by atoms with Gasteiger partial charge in [0.1, 0.15) is 18.5 Å². The van der Waals surface area contributed by atoms with Crippen LogP contribution in [0, 0.1) is 35.5 Å². The molecule has 0 aliphatic heterocycles. The lowest BCUT2D eigenvalue weighted by Crippen LogP contribution is -2.44. The summed E-state index contributed by atoms with van der Waals surface area (Å²) < 4.78 is 69.1. The Hall–Kier alpha value is -0.350. The number of hydrogen-bond donors (Lipinski definition) is 0. The maximum atomic E-state index is 15.0. The molecule has 3 aliphatic rings. The fourth-order valence-corrected chi connectivity index (χ4v) is 6.64. The minimum absolute atomic E-state index is 0.103. The molecular weight excluding hydrogens is 383 g/mol. The Bertz CT molecular complexity index is 464. The minimum atomic E-state index is -2.98. The molecule has 170 valence electrons. The molecule has 0 N–H and O–H groups in total. The van der Waals surface area contributed by atoms with Gasteiger partial charge in [0.05, 0.1) is 5.92 Å². The maximum absolute atomic E-state index is 15.0. The highest BCUT2D eigenvalue weighted by atomic mass is 19.3. The van der Waals surface area contributed by atoms with E-state index in [9.17, 15) is 17.6 Å². The lowest BCUT2D eigenvalue weighted by atomic mass is 9.63. The highest BCUT2D eigenvalue weighted by molar-refractivity contribution is 4.95. The van der Waals surface area contributed by atoms with Gasteiger partial charge in [-0.2, -0.15) is 0 Å². The summed E-state index contributed by atoms with van der Waals surface area (Å²) in [5.74, 6) is -0.796. The second kappa shape index (κ2) is 10.8. The largest absolute Gasteiger partial charge is 0.247 e. The van der Waals surface area contributed by atoms with E-state index < -0.39 is 36.8 Å². The average molecular weight is 423 g/mol. The molecule has 0 aromatic rings. The van der Waals surface area contributed by atoms with Crippen LogP contribution in [0.1, 0.15) is 90.4 Å². The molecule has 3 rings (SSSR count). The zero-order valence-electron chi connectivity index (χ0n) is 17.9.